The smallest absolute Gasteiger partial charge is 0.337 e. The first kappa shape index (κ1) is 12.6. The Hall–Kier alpha value is -2.82. The lowest BCUT2D eigenvalue weighted by molar-refractivity contribution is 0.0686. The Morgan fingerprint density at radius 3 is 2.16 bits per heavy atom. The average molecular weight is 257 g/mol. The Labute approximate surface area is 108 Å². The Bertz CT molecular complexity index is 664. The molecule has 0 radical (unpaired) electrons. The summed E-state index contributed by atoms with van der Waals surface area (Å²) < 4.78 is 0. The van der Waals surface area contributed by atoms with Crippen LogP contribution in [0, 0.1) is 0 Å². The van der Waals surface area contributed by atoms with Crippen LogP contribution in [0.2, 0.25) is 0 Å². The van der Waals surface area contributed by atoms with E-state index in [0.29, 0.717) is 11.1 Å². The summed E-state index contributed by atoms with van der Waals surface area (Å²) in [6, 6.07) is 10.9. The lowest BCUT2D eigenvalue weighted by Crippen LogP contribution is -2.02. The largest absolute Gasteiger partial charge is 0.478 e. The fourth-order valence-electron chi connectivity index (χ4n) is 1.77. The van der Waals surface area contributed by atoms with E-state index < -0.39 is 11.9 Å². The lowest BCUT2D eigenvalue weighted by Gasteiger charge is -2.06. The normalized spacial score (nSPS) is 10.1. The van der Waals surface area contributed by atoms with Gasteiger partial charge in [0, 0.05) is 5.69 Å². The highest BCUT2D eigenvalue weighted by Crippen LogP contribution is 2.25. The summed E-state index contributed by atoms with van der Waals surface area (Å²) in [4.78, 5) is 21.7. The summed E-state index contributed by atoms with van der Waals surface area (Å²) in [6.45, 7) is 0. The summed E-state index contributed by atoms with van der Waals surface area (Å²) in [5.74, 6) is -2.11. The van der Waals surface area contributed by atoms with Crippen molar-refractivity contribution in [1.82, 2.24) is 0 Å². The second-order valence-electron chi connectivity index (χ2n) is 3.99. The van der Waals surface area contributed by atoms with Gasteiger partial charge in [0.1, 0.15) is 0 Å². The molecule has 0 atom stereocenters. The second-order valence-corrected chi connectivity index (χ2v) is 3.99. The van der Waals surface area contributed by atoms with Crippen LogP contribution < -0.4 is 5.73 Å². The number of aromatic carboxylic acids is 2. The van der Waals surface area contributed by atoms with E-state index in [0.717, 1.165) is 0 Å². The third-order valence-corrected chi connectivity index (χ3v) is 2.72. The molecule has 0 unspecified atom stereocenters. The number of carboxylic acids is 2. The molecule has 0 heterocycles. The molecule has 4 N–H and O–H groups in total. The topological polar surface area (TPSA) is 101 Å². The molecule has 5 nitrogen and oxygen atoms in total. The highest BCUT2D eigenvalue weighted by Gasteiger charge is 2.10. The molecule has 2 rings (SSSR count). The maximum Gasteiger partial charge on any atom is 0.337 e. The van der Waals surface area contributed by atoms with Gasteiger partial charge in [0.2, 0.25) is 0 Å². The lowest BCUT2D eigenvalue weighted by atomic mass is 10.0. The summed E-state index contributed by atoms with van der Waals surface area (Å²) in [7, 11) is 0. The van der Waals surface area contributed by atoms with Crippen LogP contribution in [0.4, 0.5) is 5.69 Å². The number of nitrogen functional groups attached to an aromatic ring is 1. The van der Waals surface area contributed by atoms with Gasteiger partial charge in [-0.2, -0.15) is 0 Å². The first-order chi connectivity index (χ1) is 8.99. The number of hydrogen-bond acceptors (Lipinski definition) is 3. The first-order valence-electron chi connectivity index (χ1n) is 5.45. The average Bonchev–Trinajstić information content (AvgIpc) is 2.38. The molecule has 0 aliphatic carbocycles. The molecule has 0 spiro atoms. The zero-order valence-corrected chi connectivity index (χ0v) is 9.83. The Morgan fingerprint density at radius 2 is 1.58 bits per heavy atom. The number of rotatable bonds is 3. The van der Waals surface area contributed by atoms with Gasteiger partial charge in [-0.1, -0.05) is 18.2 Å². The standard InChI is InChI=1S/C14H11NO4/c15-12-7-9(4-5-11(12)14(18)19)8-2-1-3-10(6-8)13(16)17/h1-7H,15H2,(H,16,17)(H,18,19). The van der Waals surface area contributed by atoms with Crippen molar-refractivity contribution in [2.24, 2.45) is 0 Å². The number of carboxylic acid groups (broad SMARTS) is 2. The van der Waals surface area contributed by atoms with Gasteiger partial charge in [-0.25, -0.2) is 9.59 Å². The fraction of sp³-hybridized carbons (Fsp3) is 0. The second kappa shape index (κ2) is 4.81. The summed E-state index contributed by atoms with van der Waals surface area (Å²) in [6.07, 6.45) is 0. The number of hydrogen-bond donors (Lipinski definition) is 3. The van der Waals surface area contributed by atoms with Crippen molar-refractivity contribution < 1.29 is 19.8 Å². The van der Waals surface area contributed by atoms with Crippen LogP contribution >= 0.6 is 0 Å². The number of carbonyl (C=O) groups is 2. The van der Waals surface area contributed by atoms with Gasteiger partial charge < -0.3 is 15.9 Å². The molecule has 19 heavy (non-hydrogen) atoms. The zero-order chi connectivity index (χ0) is 14.0. The number of nitrogens with two attached hydrogens (primary N) is 1. The van der Waals surface area contributed by atoms with E-state index in [-0.39, 0.29) is 16.8 Å². The van der Waals surface area contributed by atoms with Crippen LogP contribution in [-0.4, -0.2) is 22.2 Å². The van der Waals surface area contributed by atoms with E-state index in [4.69, 9.17) is 15.9 Å². The van der Waals surface area contributed by atoms with Gasteiger partial charge in [-0.15, -0.1) is 0 Å². The molecular weight excluding hydrogens is 246 g/mol. The first-order valence-corrected chi connectivity index (χ1v) is 5.45. The van der Waals surface area contributed by atoms with Gasteiger partial charge in [0.05, 0.1) is 11.1 Å². The molecule has 0 saturated heterocycles. The van der Waals surface area contributed by atoms with Crippen molar-refractivity contribution in [3.63, 3.8) is 0 Å². The van der Waals surface area contributed by atoms with Crippen molar-refractivity contribution in [1.29, 1.82) is 0 Å². The molecule has 0 aliphatic rings. The van der Waals surface area contributed by atoms with Crippen molar-refractivity contribution in [2.45, 2.75) is 0 Å². The summed E-state index contributed by atoms with van der Waals surface area (Å²) in [5.41, 5.74) is 7.34. The Balaban J connectivity index is 2.48. The van der Waals surface area contributed by atoms with Gasteiger partial charge >= 0.3 is 11.9 Å². The molecule has 96 valence electrons. The van der Waals surface area contributed by atoms with Crippen molar-refractivity contribution >= 4 is 17.6 Å². The van der Waals surface area contributed by atoms with Crippen molar-refractivity contribution in [3.05, 3.63) is 53.6 Å². The predicted octanol–water partition coefficient (Wildman–Crippen LogP) is 2.33. The van der Waals surface area contributed by atoms with Crippen LogP contribution in [0.15, 0.2) is 42.5 Å². The minimum Gasteiger partial charge on any atom is -0.478 e. The Morgan fingerprint density at radius 1 is 0.895 bits per heavy atom. The quantitative estimate of drug-likeness (QED) is 0.732. The predicted molar refractivity (Wildman–Crippen MR) is 70.2 cm³/mol. The molecule has 0 aliphatic heterocycles. The SMILES string of the molecule is Nc1cc(-c2cccc(C(=O)O)c2)ccc1C(=O)O. The van der Waals surface area contributed by atoms with Crippen molar-refractivity contribution in [3.8, 4) is 11.1 Å². The molecule has 0 saturated carbocycles. The zero-order valence-electron chi connectivity index (χ0n) is 9.83. The summed E-state index contributed by atoms with van der Waals surface area (Å²) >= 11 is 0. The van der Waals surface area contributed by atoms with Gasteiger partial charge in [0.15, 0.2) is 0 Å². The molecule has 0 amide bonds. The van der Waals surface area contributed by atoms with Crippen LogP contribution in [0.5, 0.6) is 0 Å². The highest BCUT2D eigenvalue weighted by atomic mass is 16.4. The molecule has 0 bridgehead atoms. The number of benzene rings is 2. The maximum atomic E-state index is 10.9. The van der Waals surface area contributed by atoms with Gasteiger partial charge in [0.25, 0.3) is 0 Å². The maximum absolute atomic E-state index is 10.9. The third-order valence-electron chi connectivity index (χ3n) is 2.72. The van der Waals surface area contributed by atoms with E-state index in [1.807, 2.05) is 0 Å². The molecule has 0 aromatic heterocycles. The third kappa shape index (κ3) is 2.55. The van der Waals surface area contributed by atoms with Gasteiger partial charge in [-0.3, -0.25) is 0 Å². The van der Waals surface area contributed by atoms with Crippen LogP contribution in [0.25, 0.3) is 11.1 Å². The van der Waals surface area contributed by atoms with Crippen molar-refractivity contribution in [2.75, 3.05) is 5.73 Å². The number of anilines is 1. The van der Waals surface area contributed by atoms with Crippen LogP contribution in [0.1, 0.15) is 20.7 Å². The minimum atomic E-state index is -1.09. The molecular formula is C14H11NO4. The van der Waals surface area contributed by atoms with E-state index in [1.165, 1.54) is 24.3 Å². The van der Waals surface area contributed by atoms with Gasteiger partial charge in [-0.05, 0) is 35.4 Å². The summed E-state index contributed by atoms with van der Waals surface area (Å²) in [5, 5.41) is 17.8. The molecule has 2 aromatic carbocycles. The minimum absolute atomic E-state index is 0.0261. The van der Waals surface area contributed by atoms with E-state index >= 15 is 0 Å². The monoisotopic (exact) mass is 257 g/mol. The van der Waals surface area contributed by atoms with Crippen LogP contribution in [-0.2, 0) is 0 Å². The molecule has 2 aromatic rings. The van der Waals surface area contributed by atoms with E-state index in [1.54, 1.807) is 18.2 Å². The van der Waals surface area contributed by atoms with E-state index in [9.17, 15) is 9.59 Å². The fourth-order valence-corrected chi connectivity index (χ4v) is 1.77. The van der Waals surface area contributed by atoms with E-state index in [2.05, 4.69) is 0 Å². The molecule has 5 heteroatoms. The van der Waals surface area contributed by atoms with Crippen LogP contribution in [0.3, 0.4) is 0 Å². The Kier molecular flexibility index (Phi) is 3.20. The highest BCUT2D eigenvalue weighted by molar-refractivity contribution is 5.95. The molecule has 0 fully saturated rings.